The van der Waals surface area contributed by atoms with Gasteiger partial charge < -0.3 is 19.7 Å². The van der Waals surface area contributed by atoms with E-state index in [9.17, 15) is 27.8 Å². The maximum atomic E-state index is 13.9. The first-order chi connectivity index (χ1) is 10.0. The van der Waals surface area contributed by atoms with Crippen LogP contribution in [-0.2, 0) is 4.74 Å². The van der Waals surface area contributed by atoms with Gasteiger partial charge in [0.25, 0.3) is 0 Å². The number of alkyl halides is 3. The third-order valence-electron chi connectivity index (χ3n) is 4.31. The number of aliphatic hydroxyl groups excluding tert-OH is 1. The van der Waals surface area contributed by atoms with Crippen LogP contribution in [0, 0.1) is 11.7 Å². The number of halogens is 4. The zero-order valence-corrected chi connectivity index (χ0v) is 12.1. The molecule has 1 aliphatic heterocycles. The fraction of sp³-hybridized carbons (Fsp3) is 0.571. The molecule has 0 spiro atoms. The van der Waals surface area contributed by atoms with E-state index in [1.165, 1.54) is 13.0 Å². The Balaban J connectivity index is 2.53. The Kier molecular flexibility index (Phi) is 4.03. The number of methoxy groups -OCH3 is 1. The molecular weight excluding hydrogens is 308 g/mol. The first-order valence-electron chi connectivity index (χ1n) is 6.52. The minimum atomic E-state index is -4.70. The lowest BCUT2D eigenvalue weighted by molar-refractivity contribution is -0.291. The predicted molar refractivity (Wildman–Crippen MR) is 68.1 cm³/mol. The average Bonchev–Trinajstić information content (AvgIpc) is 2.64. The van der Waals surface area contributed by atoms with E-state index < -0.39 is 47.2 Å². The van der Waals surface area contributed by atoms with E-state index in [1.54, 1.807) is 0 Å². The van der Waals surface area contributed by atoms with Crippen LogP contribution in [0.5, 0.6) is 11.5 Å². The van der Waals surface area contributed by atoms with Crippen LogP contribution in [0.3, 0.4) is 0 Å². The second-order valence-electron chi connectivity index (χ2n) is 5.45. The molecular formula is C14H16F4O4. The maximum absolute atomic E-state index is 13.9. The minimum absolute atomic E-state index is 0.00535. The van der Waals surface area contributed by atoms with Crippen molar-refractivity contribution in [3.63, 3.8) is 0 Å². The highest BCUT2D eigenvalue weighted by Gasteiger charge is 2.64. The SMILES string of the molecule is COc1c(C2C(C)C(C)(C(F)(F)F)O[C@H]2O)ccc(O)c1F. The van der Waals surface area contributed by atoms with Gasteiger partial charge in [0.2, 0.25) is 5.82 Å². The molecule has 0 aliphatic carbocycles. The summed E-state index contributed by atoms with van der Waals surface area (Å²) in [5.74, 6) is -4.55. The second-order valence-corrected chi connectivity index (χ2v) is 5.45. The molecule has 4 atom stereocenters. The van der Waals surface area contributed by atoms with Crippen LogP contribution in [0.1, 0.15) is 25.3 Å². The van der Waals surface area contributed by atoms with Crippen LogP contribution in [0.4, 0.5) is 17.6 Å². The van der Waals surface area contributed by atoms with Gasteiger partial charge in [-0.3, -0.25) is 0 Å². The van der Waals surface area contributed by atoms with Crippen LogP contribution in [-0.4, -0.2) is 35.4 Å². The third kappa shape index (κ3) is 2.30. The number of ether oxygens (including phenoxy) is 2. The molecule has 1 heterocycles. The summed E-state index contributed by atoms with van der Waals surface area (Å²) in [6.45, 7) is 2.10. The van der Waals surface area contributed by atoms with Gasteiger partial charge in [-0.2, -0.15) is 17.6 Å². The summed E-state index contributed by atoms with van der Waals surface area (Å²) in [5, 5.41) is 19.3. The lowest BCUT2D eigenvalue weighted by Gasteiger charge is -2.31. The quantitative estimate of drug-likeness (QED) is 0.821. The zero-order chi connectivity index (χ0) is 16.9. The number of phenolic OH excluding ortho intramolecular Hbond substituents is 1. The van der Waals surface area contributed by atoms with Crippen LogP contribution in [0.15, 0.2) is 12.1 Å². The van der Waals surface area contributed by atoms with Gasteiger partial charge in [0, 0.05) is 17.4 Å². The van der Waals surface area contributed by atoms with Crippen molar-refractivity contribution in [2.45, 2.75) is 37.8 Å². The van der Waals surface area contributed by atoms with Crippen molar-refractivity contribution in [3.05, 3.63) is 23.5 Å². The van der Waals surface area contributed by atoms with E-state index >= 15 is 0 Å². The molecule has 2 rings (SSSR count). The number of hydrogen-bond acceptors (Lipinski definition) is 4. The van der Waals surface area contributed by atoms with Gasteiger partial charge in [-0.15, -0.1) is 0 Å². The van der Waals surface area contributed by atoms with Crippen molar-refractivity contribution in [3.8, 4) is 11.5 Å². The number of rotatable bonds is 2. The summed E-state index contributed by atoms with van der Waals surface area (Å²) in [6.07, 6.45) is -6.48. The summed E-state index contributed by atoms with van der Waals surface area (Å²) in [5.41, 5.74) is -2.57. The molecule has 0 aromatic heterocycles. The van der Waals surface area contributed by atoms with Gasteiger partial charge in [-0.1, -0.05) is 13.0 Å². The molecule has 1 fully saturated rings. The van der Waals surface area contributed by atoms with Crippen LogP contribution in [0.25, 0.3) is 0 Å². The molecule has 0 radical (unpaired) electrons. The lowest BCUT2D eigenvalue weighted by atomic mass is 9.79. The molecule has 8 heteroatoms. The summed E-state index contributed by atoms with van der Waals surface area (Å²) in [6, 6.07) is 2.21. The number of aromatic hydroxyl groups is 1. The molecule has 22 heavy (non-hydrogen) atoms. The fourth-order valence-corrected chi connectivity index (χ4v) is 2.80. The summed E-state index contributed by atoms with van der Waals surface area (Å²) < 4.78 is 63.1. The first kappa shape index (κ1) is 16.8. The highest BCUT2D eigenvalue weighted by Crippen LogP contribution is 2.54. The van der Waals surface area contributed by atoms with Gasteiger partial charge in [-0.05, 0) is 13.0 Å². The fourth-order valence-electron chi connectivity index (χ4n) is 2.80. The van der Waals surface area contributed by atoms with Crippen LogP contribution in [0.2, 0.25) is 0 Å². The van der Waals surface area contributed by atoms with Gasteiger partial charge in [0.15, 0.2) is 23.4 Å². The second kappa shape index (κ2) is 5.27. The molecule has 1 aliphatic rings. The van der Waals surface area contributed by atoms with Crippen molar-refractivity contribution in [1.82, 2.24) is 0 Å². The van der Waals surface area contributed by atoms with E-state index in [-0.39, 0.29) is 5.56 Å². The number of hydrogen-bond donors (Lipinski definition) is 2. The van der Waals surface area contributed by atoms with E-state index in [0.717, 1.165) is 20.1 Å². The molecule has 0 amide bonds. The maximum Gasteiger partial charge on any atom is 0.417 e. The normalized spacial score (nSPS) is 32.3. The molecule has 2 N–H and O–H groups in total. The third-order valence-corrected chi connectivity index (χ3v) is 4.31. The van der Waals surface area contributed by atoms with E-state index in [4.69, 9.17) is 9.47 Å². The average molecular weight is 324 g/mol. The van der Waals surface area contributed by atoms with Gasteiger partial charge in [0.05, 0.1) is 7.11 Å². The van der Waals surface area contributed by atoms with E-state index in [0.29, 0.717) is 0 Å². The predicted octanol–water partition coefficient (Wildman–Crippen LogP) is 2.93. The molecule has 1 aromatic carbocycles. The molecule has 124 valence electrons. The Bertz CT molecular complexity index is 575. The number of benzene rings is 1. The van der Waals surface area contributed by atoms with Crippen molar-refractivity contribution < 1.29 is 37.2 Å². The van der Waals surface area contributed by atoms with Crippen molar-refractivity contribution in [1.29, 1.82) is 0 Å². The lowest BCUT2D eigenvalue weighted by Crippen LogP contribution is -2.46. The Labute approximate surface area is 124 Å². The summed E-state index contributed by atoms with van der Waals surface area (Å²) in [4.78, 5) is 0. The van der Waals surface area contributed by atoms with Crippen molar-refractivity contribution in [2.75, 3.05) is 7.11 Å². The molecule has 1 saturated heterocycles. The highest BCUT2D eigenvalue weighted by atomic mass is 19.4. The molecule has 3 unspecified atom stereocenters. The monoisotopic (exact) mass is 324 g/mol. The number of aliphatic hydroxyl groups is 1. The summed E-state index contributed by atoms with van der Waals surface area (Å²) >= 11 is 0. The Morgan fingerprint density at radius 1 is 1.32 bits per heavy atom. The first-order valence-corrected chi connectivity index (χ1v) is 6.52. The smallest absolute Gasteiger partial charge is 0.417 e. The van der Waals surface area contributed by atoms with Gasteiger partial charge >= 0.3 is 6.18 Å². The van der Waals surface area contributed by atoms with Crippen molar-refractivity contribution >= 4 is 0 Å². The van der Waals surface area contributed by atoms with Gasteiger partial charge in [-0.25, -0.2) is 0 Å². The summed E-state index contributed by atoms with van der Waals surface area (Å²) in [7, 11) is 1.12. The highest BCUT2D eigenvalue weighted by molar-refractivity contribution is 5.45. The minimum Gasteiger partial charge on any atom is -0.505 e. The largest absolute Gasteiger partial charge is 0.505 e. The Morgan fingerprint density at radius 3 is 2.36 bits per heavy atom. The molecule has 0 bridgehead atoms. The molecule has 0 saturated carbocycles. The molecule has 1 aromatic rings. The van der Waals surface area contributed by atoms with E-state index in [2.05, 4.69) is 0 Å². The Morgan fingerprint density at radius 2 is 1.91 bits per heavy atom. The number of phenols is 1. The Hall–Kier alpha value is -1.54. The van der Waals surface area contributed by atoms with Crippen molar-refractivity contribution in [2.24, 2.45) is 5.92 Å². The zero-order valence-electron chi connectivity index (χ0n) is 12.1. The topological polar surface area (TPSA) is 58.9 Å². The molecule has 4 nitrogen and oxygen atoms in total. The van der Waals surface area contributed by atoms with E-state index in [1.807, 2.05) is 0 Å². The van der Waals surface area contributed by atoms with Gasteiger partial charge in [0.1, 0.15) is 0 Å². The standard InChI is InChI=1S/C14H16F4O4/c1-6-9(12(20)22-13(6,2)14(16,17)18)7-4-5-8(19)10(15)11(7)21-3/h4-6,9,12,19-20H,1-3H3/t6?,9?,12-,13?/m1/s1. The van der Waals surface area contributed by atoms with Crippen LogP contribution >= 0.6 is 0 Å². The van der Waals surface area contributed by atoms with Crippen LogP contribution < -0.4 is 4.74 Å².